The Labute approximate surface area is 94.9 Å². The maximum Gasteiger partial charge on any atom is 0.221 e. The number of nitrogens with one attached hydrogen (secondary N) is 1. The van der Waals surface area contributed by atoms with Crippen molar-refractivity contribution in [2.75, 3.05) is 5.32 Å². The van der Waals surface area contributed by atoms with E-state index in [1.165, 1.54) is 6.92 Å². The molecule has 2 aromatic rings. The number of carbonyl (C=O) groups excluding carboxylic acids is 1. The maximum atomic E-state index is 11.1. The van der Waals surface area contributed by atoms with Gasteiger partial charge in [0.2, 0.25) is 5.91 Å². The predicted molar refractivity (Wildman–Crippen MR) is 65.0 cm³/mol. The SMILES string of the molecule is CC(=O)Nc1ccc[c]c1-c1ccccc1. The van der Waals surface area contributed by atoms with Crippen molar-refractivity contribution in [3.05, 3.63) is 54.6 Å². The number of carbonyl (C=O) groups is 1. The van der Waals surface area contributed by atoms with E-state index in [-0.39, 0.29) is 5.91 Å². The molecule has 0 saturated heterocycles. The molecule has 1 radical (unpaired) electrons. The highest BCUT2D eigenvalue weighted by molar-refractivity contribution is 5.93. The summed E-state index contributed by atoms with van der Waals surface area (Å²) in [5.74, 6) is -0.0724. The molecule has 0 unspecified atom stereocenters. The van der Waals surface area contributed by atoms with Crippen LogP contribution in [0.15, 0.2) is 48.5 Å². The monoisotopic (exact) mass is 210 g/mol. The lowest BCUT2D eigenvalue weighted by Gasteiger charge is -2.09. The second kappa shape index (κ2) is 4.62. The summed E-state index contributed by atoms with van der Waals surface area (Å²) in [5.41, 5.74) is 2.76. The maximum absolute atomic E-state index is 11.1. The Bertz CT molecular complexity index is 491. The molecule has 2 aromatic carbocycles. The summed E-state index contributed by atoms with van der Waals surface area (Å²) < 4.78 is 0. The lowest BCUT2D eigenvalue weighted by atomic mass is 10.0. The number of anilines is 1. The first-order valence-corrected chi connectivity index (χ1v) is 5.11. The van der Waals surface area contributed by atoms with Crippen LogP contribution in [-0.4, -0.2) is 5.91 Å². The summed E-state index contributed by atoms with van der Waals surface area (Å²) >= 11 is 0. The fraction of sp³-hybridized carbons (Fsp3) is 0.0714. The Hall–Kier alpha value is -2.09. The van der Waals surface area contributed by atoms with Gasteiger partial charge in [0, 0.05) is 18.2 Å². The minimum atomic E-state index is -0.0724. The van der Waals surface area contributed by atoms with Gasteiger partial charge in [-0.1, -0.05) is 42.5 Å². The first-order valence-electron chi connectivity index (χ1n) is 5.11. The van der Waals surface area contributed by atoms with Crippen molar-refractivity contribution in [3.63, 3.8) is 0 Å². The van der Waals surface area contributed by atoms with Crippen LogP contribution in [0.2, 0.25) is 0 Å². The molecule has 0 spiro atoms. The van der Waals surface area contributed by atoms with Crippen molar-refractivity contribution in [1.29, 1.82) is 0 Å². The summed E-state index contributed by atoms with van der Waals surface area (Å²) in [6, 6.07) is 18.6. The first-order chi connectivity index (χ1) is 7.77. The van der Waals surface area contributed by atoms with Crippen molar-refractivity contribution in [3.8, 4) is 11.1 Å². The highest BCUT2D eigenvalue weighted by Crippen LogP contribution is 2.26. The number of rotatable bonds is 2. The van der Waals surface area contributed by atoms with Crippen molar-refractivity contribution in [2.45, 2.75) is 6.92 Å². The molecule has 1 amide bonds. The molecule has 0 bridgehead atoms. The lowest BCUT2D eigenvalue weighted by molar-refractivity contribution is -0.114. The van der Waals surface area contributed by atoms with Gasteiger partial charge in [0.1, 0.15) is 0 Å². The summed E-state index contributed by atoms with van der Waals surface area (Å²) in [4.78, 5) is 11.1. The number of amides is 1. The van der Waals surface area contributed by atoms with E-state index >= 15 is 0 Å². The Morgan fingerprint density at radius 2 is 1.88 bits per heavy atom. The van der Waals surface area contributed by atoms with Gasteiger partial charge in [-0.05, 0) is 17.7 Å². The van der Waals surface area contributed by atoms with Crippen molar-refractivity contribution in [2.24, 2.45) is 0 Å². The molecule has 0 atom stereocenters. The summed E-state index contributed by atoms with van der Waals surface area (Å²) in [6.45, 7) is 1.50. The first kappa shape index (κ1) is 10.4. The molecule has 1 N–H and O–H groups in total. The molecule has 0 aliphatic rings. The highest BCUT2D eigenvalue weighted by Gasteiger charge is 2.04. The molecule has 0 heterocycles. The normalized spacial score (nSPS) is 9.81. The third-order valence-corrected chi connectivity index (χ3v) is 2.23. The molecular weight excluding hydrogens is 198 g/mol. The molecule has 2 rings (SSSR count). The van der Waals surface area contributed by atoms with E-state index in [0.29, 0.717) is 0 Å². The number of benzene rings is 2. The van der Waals surface area contributed by atoms with Gasteiger partial charge in [0.15, 0.2) is 0 Å². The molecule has 79 valence electrons. The minimum Gasteiger partial charge on any atom is -0.326 e. The molecule has 0 aliphatic carbocycles. The third-order valence-electron chi connectivity index (χ3n) is 2.23. The lowest BCUT2D eigenvalue weighted by Crippen LogP contribution is -2.06. The molecule has 0 fully saturated rings. The molecule has 0 saturated carbocycles. The zero-order chi connectivity index (χ0) is 11.4. The quantitative estimate of drug-likeness (QED) is 0.810. The molecule has 0 aliphatic heterocycles. The Morgan fingerprint density at radius 3 is 2.56 bits per heavy atom. The zero-order valence-corrected chi connectivity index (χ0v) is 9.03. The van der Waals surface area contributed by atoms with Crippen LogP contribution in [0.4, 0.5) is 5.69 Å². The minimum absolute atomic E-state index is 0.0724. The average Bonchev–Trinajstić information content (AvgIpc) is 2.30. The topological polar surface area (TPSA) is 29.1 Å². The van der Waals surface area contributed by atoms with Crippen LogP contribution in [-0.2, 0) is 4.79 Å². The summed E-state index contributed by atoms with van der Waals surface area (Å²) in [6.07, 6.45) is 0. The van der Waals surface area contributed by atoms with Gasteiger partial charge in [-0.3, -0.25) is 4.79 Å². The Morgan fingerprint density at radius 1 is 1.12 bits per heavy atom. The van der Waals surface area contributed by atoms with E-state index in [0.717, 1.165) is 16.8 Å². The van der Waals surface area contributed by atoms with Crippen LogP contribution in [0.3, 0.4) is 0 Å². The van der Waals surface area contributed by atoms with E-state index in [2.05, 4.69) is 11.4 Å². The molecule has 16 heavy (non-hydrogen) atoms. The molecule has 2 nitrogen and oxygen atoms in total. The van der Waals surface area contributed by atoms with E-state index in [9.17, 15) is 4.79 Å². The largest absolute Gasteiger partial charge is 0.326 e. The van der Waals surface area contributed by atoms with Gasteiger partial charge < -0.3 is 5.32 Å². The fourth-order valence-electron chi connectivity index (χ4n) is 1.57. The fourth-order valence-corrected chi connectivity index (χ4v) is 1.57. The Balaban J connectivity index is 2.44. The standard InChI is InChI=1S/C14H12NO/c1-11(16)15-14-10-6-5-9-13(14)12-7-3-2-4-8-12/h2-8,10H,1H3,(H,15,16). The summed E-state index contributed by atoms with van der Waals surface area (Å²) in [7, 11) is 0. The molecule has 0 aromatic heterocycles. The van der Waals surface area contributed by atoms with E-state index in [1.807, 2.05) is 48.5 Å². The van der Waals surface area contributed by atoms with Crippen molar-refractivity contribution >= 4 is 11.6 Å². The number of hydrogen-bond donors (Lipinski definition) is 1. The van der Waals surface area contributed by atoms with Crippen molar-refractivity contribution < 1.29 is 4.79 Å². The van der Waals surface area contributed by atoms with Crippen LogP contribution in [0.5, 0.6) is 0 Å². The molecule has 2 heteroatoms. The number of hydrogen-bond acceptors (Lipinski definition) is 1. The van der Waals surface area contributed by atoms with Gasteiger partial charge in [-0.15, -0.1) is 0 Å². The van der Waals surface area contributed by atoms with Gasteiger partial charge in [0.05, 0.1) is 0 Å². The van der Waals surface area contributed by atoms with E-state index in [1.54, 1.807) is 0 Å². The predicted octanol–water partition coefficient (Wildman–Crippen LogP) is 3.11. The van der Waals surface area contributed by atoms with E-state index < -0.39 is 0 Å². The second-order valence-electron chi connectivity index (χ2n) is 3.51. The van der Waals surface area contributed by atoms with Gasteiger partial charge in [-0.2, -0.15) is 0 Å². The van der Waals surface area contributed by atoms with Crippen LogP contribution in [0.25, 0.3) is 11.1 Å². The molecular formula is C14H12NO. The van der Waals surface area contributed by atoms with Crippen LogP contribution in [0, 0.1) is 6.07 Å². The Kier molecular flexibility index (Phi) is 3.01. The second-order valence-corrected chi connectivity index (χ2v) is 3.51. The smallest absolute Gasteiger partial charge is 0.221 e. The zero-order valence-electron chi connectivity index (χ0n) is 9.03. The van der Waals surface area contributed by atoms with Gasteiger partial charge in [-0.25, -0.2) is 0 Å². The van der Waals surface area contributed by atoms with Crippen molar-refractivity contribution in [1.82, 2.24) is 0 Å². The van der Waals surface area contributed by atoms with Gasteiger partial charge >= 0.3 is 0 Å². The van der Waals surface area contributed by atoms with Crippen LogP contribution >= 0.6 is 0 Å². The van der Waals surface area contributed by atoms with Crippen LogP contribution < -0.4 is 5.32 Å². The van der Waals surface area contributed by atoms with Gasteiger partial charge in [0.25, 0.3) is 0 Å². The summed E-state index contributed by atoms with van der Waals surface area (Å²) in [5, 5.41) is 2.80. The average molecular weight is 210 g/mol. The van der Waals surface area contributed by atoms with E-state index in [4.69, 9.17) is 0 Å². The highest BCUT2D eigenvalue weighted by atomic mass is 16.1. The third kappa shape index (κ3) is 2.28. The van der Waals surface area contributed by atoms with Crippen LogP contribution in [0.1, 0.15) is 6.92 Å².